The number of halogens is 3. The van der Waals surface area contributed by atoms with Crippen LogP contribution in [-0.2, 0) is 11.3 Å². The van der Waals surface area contributed by atoms with Gasteiger partial charge in [-0.15, -0.1) is 0 Å². The Morgan fingerprint density at radius 3 is 2.68 bits per heavy atom. The summed E-state index contributed by atoms with van der Waals surface area (Å²) in [6.07, 6.45) is -0.141. The van der Waals surface area contributed by atoms with Gasteiger partial charge in [-0.25, -0.2) is 0 Å². The highest BCUT2D eigenvalue weighted by Crippen LogP contribution is 2.18. The first kappa shape index (κ1) is 16.0. The zero-order chi connectivity index (χ0) is 14.3. The molecular weight excluding hydrogens is 259 g/mol. The van der Waals surface area contributed by atoms with Gasteiger partial charge in [-0.2, -0.15) is 18.3 Å². The molecule has 1 atom stereocenters. The number of rotatable bonds is 8. The molecule has 0 fully saturated rings. The summed E-state index contributed by atoms with van der Waals surface area (Å²) >= 11 is 0. The first-order valence-electron chi connectivity index (χ1n) is 6.36. The minimum absolute atomic E-state index is 0.0291. The molecule has 0 aliphatic heterocycles. The lowest BCUT2D eigenvalue weighted by Crippen LogP contribution is -2.23. The van der Waals surface area contributed by atoms with Gasteiger partial charge in [-0.05, 0) is 19.9 Å². The van der Waals surface area contributed by atoms with Crippen LogP contribution in [0.1, 0.15) is 31.9 Å². The zero-order valence-corrected chi connectivity index (χ0v) is 11.2. The third-order valence-electron chi connectivity index (χ3n) is 2.65. The SMILES string of the molecule is CCNC(CCOCC(F)(F)F)c1cnn(CC)c1. The van der Waals surface area contributed by atoms with E-state index in [0.29, 0.717) is 6.42 Å². The summed E-state index contributed by atoms with van der Waals surface area (Å²) in [7, 11) is 0. The number of aromatic nitrogens is 2. The van der Waals surface area contributed by atoms with Crippen LogP contribution in [0.2, 0.25) is 0 Å². The van der Waals surface area contributed by atoms with E-state index in [2.05, 4.69) is 15.2 Å². The van der Waals surface area contributed by atoms with Gasteiger partial charge in [0, 0.05) is 31.0 Å². The maximum absolute atomic E-state index is 11.9. The highest BCUT2D eigenvalue weighted by atomic mass is 19.4. The molecule has 0 bridgehead atoms. The van der Waals surface area contributed by atoms with Crippen LogP contribution >= 0.6 is 0 Å². The van der Waals surface area contributed by atoms with E-state index < -0.39 is 12.8 Å². The number of nitrogens with one attached hydrogen (secondary N) is 1. The summed E-state index contributed by atoms with van der Waals surface area (Å²) in [5, 5.41) is 7.38. The number of aryl methyl sites for hydroxylation is 1. The monoisotopic (exact) mass is 279 g/mol. The van der Waals surface area contributed by atoms with Crippen molar-refractivity contribution in [1.29, 1.82) is 0 Å². The topological polar surface area (TPSA) is 39.1 Å². The third-order valence-corrected chi connectivity index (χ3v) is 2.65. The van der Waals surface area contributed by atoms with Gasteiger partial charge in [0.25, 0.3) is 0 Å². The van der Waals surface area contributed by atoms with Crippen molar-refractivity contribution in [3.8, 4) is 0 Å². The standard InChI is InChI=1S/C12H20F3N3O/c1-3-16-11(5-6-19-9-12(13,14)15)10-7-17-18(4-2)8-10/h7-8,11,16H,3-6,9H2,1-2H3. The fourth-order valence-corrected chi connectivity index (χ4v) is 1.75. The molecule has 1 heterocycles. The van der Waals surface area contributed by atoms with Crippen molar-refractivity contribution in [2.45, 2.75) is 39.0 Å². The average molecular weight is 279 g/mol. The minimum Gasteiger partial charge on any atom is -0.372 e. The van der Waals surface area contributed by atoms with Crippen LogP contribution in [0.25, 0.3) is 0 Å². The van der Waals surface area contributed by atoms with E-state index in [1.165, 1.54) is 0 Å². The molecule has 110 valence electrons. The number of ether oxygens (including phenoxy) is 1. The molecule has 0 saturated heterocycles. The molecule has 1 unspecified atom stereocenters. The number of alkyl halides is 3. The summed E-state index contributed by atoms with van der Waals surface area (Å²) in [6, 6.07) is -0.0291. The van der Waals surface area contributed by atoms with Crippen LogP contribution in [0.3, 0.4) is 0 Å². The fourth-order valence-electron chi connectivity index (χ4n) is 1.75. The van der Waals surface area contributed by atoms with Crippen molar-refractivity contribution in [2.75, 3.05) is 19.8 Å². The Morgan fingerprint density at radius 1 is 1.42 bits per heavy atom. The molecule has 1 rings (SSSR count). The molecule has 0 spiro atoms. The third kappa shape index (κ3) is 6.07. The summed E-state index contributed by atoms with van der Waals surface area (Å²) in [4.78, 5) is 0. The Bertz CT molecular complexity index is 365. The van der Waals surface area contributed by atoms with Crippen molar-refractivity contribution >= 4 is 0 Å². The molecule has 0 radical (unpaired) electrons. The Hall–Kier alpha value is -1.08. The van der Waals surface area contributed by atoms with Crippen LogP contribution in [0.15, 0.2) is 12.4 Å². The van der Waals surface area contributed by atoms with E-state index in [1.807, 2.05) is 20.0 Å². The van der Waals surface area contributed by atoms with E-state index in [0.717, 1.165) is 18.7 Å². The Morgan fingerprint density at radius 2 is 2.16 bits per heavy atom. The molecule has 0 amide bonds. The van der Waals surface area contributed by atoms with Crippen molar-refractivity contribution in [3.63, 3.8) is 0 Å². The molecule has 0 aliphatic rings. The predicted octanol–water partition coefficient (Wildman–Crippen LogP) is 2.52. The molecule has 4 nitrogen and oxygen atoms in total. The van der Waals surface area contributed by atoms with Gasteiger partial charge in [0.05, 0.1) is 6.20 Å². The molecule has 19 heavy (non-hydrogen) atoms. The van der Waals surface area contributed by atoms with Gasteiger partial charge < -0.3 is 10.1 Å². The van der Waals surface area contributed by atoms with Crippen molar-refractivity contribution < 1.29 is 17.9 Å². The van der Waals surface area contributed by atoms with Crippen LogP contribution < -0.4 is 5.32 Å². The first-order valence-corrected chi connectivity index (χ1v) is 6.36. The predicted molar refractivity (Wildman–Crippen MR) is 65.8 cm³/mol. The Kier molecular flexibility index (Phi) is 6.30. The molecule has 1 aromatic rings. The second kappa shape index (κ2) is 7.49. The van der Waals surface area contributed by atoms with E-state index in [-0.39, 0.29) is 12.6 Å². The highest BCUT2D eigenvalue weighted by molar-refractivity contribution is 5.10. The summed E-state index contributed by atoms with van der Waals surface area (Å²) in [6.45, 7) is 4.30. The zero-order valence-electron chi connectivity index (χ0n) is 11.2. The maximum atomic E-state index is 11.9. The quantitative estimate of drug-likeness (QED) is 0.743. The maximum Gasteiger partial charge on any atom is 0.411 e. The first-order chi connectivity index (χ1) is 8.96. The molecule has 0 saturated carbocycles. The second-order valence-electron chi connectivity index (χ2n) is 4.20. The Balaban J connectivity index is 2.44. The average Bonchev–Trinajstić information content (AvgIpc) is 2.80. The molecule has 1 N–H and O–H groups in total. The smallest absolute Gasteiger partial charge is 0.372 e. The van der Waals surface area contributed by atoms with Crippen molar-refractivity contribution in [3.05, 3.63) is 18.0 Å². The van der Waals surface area contributed by atoms with Gasteiger partial charge in [-0.1, -0.05) is 6.92 Å². The molecule has 1 aromatic heterocycles. The van der Waals surface area contributed by atoms with Crippen LogP contribution in [0, 0.1) is 0 Å². The number of hydrogen-bond donors (Lipinski definition) is 1. The van der Waals surface area contributed by atoms with Crippen LogP contribution in [0.5, 0.6) is 0 Å². The number of hydrogen-bond acceptors (Lipinski definition) is 3. The molecule has 0 aliphatic carbocycles. The minimum atomic E-state index is -4.26. The van der Waals surface area contributed by atoms with E-state index in [1.54, 1.807) is 10.9 Å². The summed E-state index contributed by atoms with van der Waals surface area (Å²) in [5.41, 5.74) is 0.972. The second-order valence-corrected chi connectivity index (χ2v) is 4.20. The number of nitrogens with zero attached hydrogens (tertiary/aromatic N) is 2. The van der Waals surface area contributed by atoms with E-state index in [9.17, 15) is 13.2 Å². The van der Waals surface area contributed by atoms with Gasteiger partial charge >= 0.3 is 6.18 Å². The lowest BCUT2D eigenvalue weighted by Gasteiger charge is -2.16. The molecule has 0 aromatic carbocycles. The molecule has 7 heteroatoms. The van der Waals surface area contributed by atoms with Crippen LogP contribution in [-0.4, -0.2) is 35.7 Å². The highest BCUT2D eigenvalue weighted by Gasteiger charge is 2.27. The van der Waals surface area contributed by atoms with Crippen LogP contribution in [0.4, 0.5) is 13.2 Å². The lowest BCUT2D eigenvalue weighted by molar-refractivity contribution is -0.174. The summed E-state index contributed by atoms with van der Waals surface area (Å²) in [5.74, 6) is 0. The van der Waals surface area contributed by atoms with E-state index in [4.69, 9.17) is 0 Å². The van der Waals surface area contributed by atoms with Crippen molar-refractivity contribution in [2.24, 2.45) is 0 Å². The Labute approximate surface area is 110 Å². The van der Waals surface area contributed by atoms with Crippen molar-refractivity contribution in [1.82, 2.24) is 15.1 Å². The van der Waals surface area contributed by atoms with Gasteiger partial charge in [0.2, 0.25) is 0 Å². The van der Waals surface area contributed by atoms with Gasteiger partial charge in [0.1, 0.15) is 6.61 Å². The normalized spacial score (nSPS) is 13.7. The van der Waals surface area contributed by atoms with Gasteiger partial charge in [0.15, 0.2) is 0 Å². The fraction of sp³-hybridized carbons (Fsp3) is 0.750. The van der Waals surface area contributed by atoms with Gasteiger partial charge in [-0.3, -0.25) is 4.68 Å². The largest absolute Gasteiger partial charge is 0.411 e. The lowest BCUT2D eigenvalue weighted by atomic mass is 10.1. The van der Waals surface area contributed by atoms with E-state index >= 15 is 0 Å². The molecular formula is C12H20F3N3O. The summed E-state index contributed by atoms with van der Waals surface area (Å²) < 4.78 is 42.3.